The molecule has 366 valence electrons. The third-order valence-corrected chi connectivity index (χ3v) is 12.8. The maximum Gasteiger partial charge on any atom is 0.306 e. The van der Waals surface area contributed by atoms with E-state index in [-0.39, 0.29) is 24.9 Å². The Labute approximate surface area is 386 Å². The van der Waals surface area contributed by atoms with Crippen molar-refractivity contribution in [3.63, 3.8) is 0 Å². The van der Waals surface area contributed by atoms with Crippen LogP contribution >= 0.6 is 0 Å². The van der Waals surface area contributed by atoms with Crippen LogP contribution < -0.4 is 5.32 Å². The molecule has 3 N–H and O–H groups in total. The molecule has 0 aliphatic heterocycles. The minimum absolute atomic E-state index is 0.0652. The van der Waals surface area contributed by atoms with Crippen molar-refractivity contribution in [2.45, 2.75) is 315 Å². The van der Waals surface area contributed by atoms with Gasteiger partial charge in [0, 0.05) is 6.42 Å². The number of rotatable bonds is 50. The van der Waals surface area contributed by atoms with Gasteiger partial charge in [-0.25, -0.2) is 0 Å². The molecule has 62 heavy (non-hydrogen) atoms. The van der Waals surface area contributed by atoms with Gasteiger partial charge in [-0.1, -0.05) is 257 Å². The Hall–Kier alpha value is -1.66. The van der Waals surface area contributed by atoms with E-state index < -0.39 is 18.2 Å². The van der Waals surface area contributed by atoms with Gasteiger partial charge in [-0.2, -0.15) is 0 Å². The normalized spacial score (nSPS) is 13.3. The van der Waals surface area contributed by atoms with Crippen molar-refractivity contribution in [3.8, 4) is 0 Å². The minimum atomic E-state index is -0.790. The number of carbonyl (C=O) groups is 2. The molecule has 3 unspecified atom stereocenters. The summed E-state index contributed by atoms with van der Waals surface area (Å²) in [6.45, 7) is 6.49. The number of aliphatic hydroxyl groups excluding tert-OH is 2. The molecule has 0 bridgehead atoms. The Morgan fingerprint density at radius 1 is 0.468 bits per heavy atom. The Morgan fingerprint density at radius 2 is 0.806 bits per heavy atom. The molecule has 0 aromatic carbocycles. The van der Waals surface area contributed by atoms with Crippen LogP contribution in [0.3, 0.4) is 0 Å². The van der Waals surface area contributed by atoms with E-state index in [1.54, 1.807) is 0 Å². The van der Waals surface area contributed by atoms with Gasteiger partial charge in [-0.15, -0.1) is 0 Å². The van der Waals surface area contributed by atoms with Crippen molar-refractivity contribution in [1.29, 1.82) is 0 Å². The van der Waals surface area contributed by atoms with E-state index in [4.69, 9.17) is 4.74 Å². The molecule has 0 saturated heterocycles. The maximum absolute atomic E-state index is 13.2. The number of carbonyl (C=O) groups excluding carboxylic acids is 2. The molecule has 0 aromatic heterocycles. The van der Waals surface area contributed by atoms with Crippen LogP contribution in [0.1, 0.15) is 297 Å². The molecule has 0 spiro atoms. The number of aliphatic hydroxyl groups is 2. The SMILES string of the molecule is CCCCCCCCC/C=C/C=C/CCCCCC(CC(=O)NC(CO)C(O)CCCCCCCCCCCC)OC(=O)CCCCCCCCCCCCCCCCCCC. The van der Waals surface area contributed by atoms with Gasteiger partial charge in [0.05, 0.1) is 25.2 Å². The fourth-order valence-electron chi connectivity index (χ4n) is 8.60. The summed E-state index contributed by atoms with van der Waals surface area (Å²) in [5, 5.41) is 23.7. The van der Waals surface area contributed by atoms with Crippen molar-refractivity contribution in [3.05, 3.63) is 24.3 Å². The molecule has 0 saturated carbocycles. The van der Waals surface area contributed by atoms with Crippen molar-refractivity contribution >= 4 is 11.9 Å². The summed E-state index contributed by atoms with van der Waals surface area (Å²) < 4.78 is 5.94. The number of allylic oxidation sites excluding steroid dienone is 4. The molecule has 0 rings (SSSR count). The average molecular weight is 874 g/mol. The lowest BCUT2D eigenvalue weighted by molar-refractivity contribution is -0.151. The monoisotopic (exact) mass is 874 g/mol. The molecule has 0 heterocycles. The summed E-state index contributed by atoms with van der Waals surface area (Å²) in [4.78, 5) is 26.2. The van der Waals surface area contributed by atoms with Crippen LogP contribution in [0.2, 0.25) is 0 Å². The zero-order valence-corrected chi connectivity index (χ0v) is 41.8. The standard InChI is InChI=1S/C56H107NO5/c1-4-7-10-13-16-19-22-24-26-28-30-32-34-37-40-43-46-49-56(61)62-52(47-44-41-38-35-33-31-29-27-25-23-20-17-14-11-8-5-2)50-55(60)57-53(51-58)54(59)48-45-42-39-36-21-18-15-12-9-6-3/h27,29,31,33,52-54,58-59H,4-26,28,30,32,34-51H2,1-3H3,(H,57,60)/b29-27+,33-31+. The highest BCUT2D eigenvalue weighted by atomic mass is 16.5. The first-order chi connectivity index (χ1) is 30.5. The minimum Gasteiger partial charge on any atom is -0.462 e. The van der Waals surface area contributed by atoms with E-state index in [1.807, 2.05) is 0 Å². The molecular weight excluding hydrogens is 767 g/mol. The zero-order valence-electron chi connectivity index (χ0n) is 41.8. The number of hydrogen-bond acceptors (Lipinski definition) is 5. The quantitative estimate of drug-likeness (QED) is 0.0321. The average Bonchev–Trinajstić information content (AvgIpc) is 3.26. The van der Waals surface area contributed by atoms with E-state index in [9.17, 15) is 19.8 Å². The van der Waals surface area contributed by atoms with Crippen molar-refractivity contribution in [2.75, 3.05) is 6.61 Å². The Bertz CT molecular complexity index is 981. The first-order valence-electron chi connectivity index (χ1n) is 27.6. The molecule has 0 aliphatic rings. The fraction of sp³-hybridized carbons (Fsp3) is 0.893. The van der Waals surface area contributed by atoms with Gasteiger partial charge in [-0.3, -0.25) is 9.59 Å². The second-order valence-corrected chi connectivity index (χ2v) is 19.0. The van der Waals surface area contributed by atoms with Gasteiger partial charge >= 0.3 is 5.97 Å². The highest BCUT2D eigenvalue weighted by molar-refractivity contribution is 5.77. The Balaban J connectivity index is 4.56. The summed E-state index contributed by atoms with van der Waals surface area (Å²) in [7, 11) is 0. The summed E-state index contributed by atoms with van der Waals surface area (Å²) in [6, 6.07) is -0.705. The summed E-state index contributed by atoms with van der Waals surface area (Å²) >= 11 is 0. The van der Waals surface area contributed by atoms with Gasteiger partial charge < -0.3 is 20.3 Å². The van der Waals surface area contributed by atoms with E-state index in [2.05, 4.69) is 50.4 Å². The molecular formula is C56H107NO5. The largest absolute Gasteiger partial charge is 0.462 e. The topological polar surface area (TPSA) is 95.9 Å². The Kier molecular flexibility index (Phi) is 49.0. The number of esters is 1. The zero-order chi connectivity index (χ0) is 45.2. The Morgan fingerprint density at radius 3 is 1.21 bits per heavy atom. The van der Waals surface area contributed by atoms with Crippen molar-refractivity contribution < 1.29 is 24.5 Å². The predicted octanol–water partition coefficient (Wildman–Crippen LogP) is 16.7. The number of nitrogens with one attached hydrogen (secondary N) is 1. The molecule has 0 aliphatic carbocycles. The number of unbranched alkanes of at least 4 members (excludes halogenated alkanes) is 35. The van der Waals surface area contributed by atoms with Crippen LogP contribution in [-0.4, -0.2) is 46.9 Å². The molecule has 1 amide bonds. The second-order valence-electron chi connectivity index (χ2n) is 19.0. The predicted molar refractivity (Wildman–Crippen MR) is 269 cm³/mol. The lowest BCUT2D eigenvalue weighted by Gasteiger charge is -2.24. The smallest absolute Gasteiger partial charge is 0.306 e. The highest BCUT2D eigenvalue weighted by Gasteiger charge is 2.24. The van der Waals surface area contributed by atoms with Crippen molar-refractivity contribution in [1.82, 2.24) is 5.32 Å². The number of ether oxygens (including phenoxy) is 1. The lowest BCUT2D eigenvalue weighted by Crippen LogP contribution is -2.46. The third-order valence-electron chi connectivity index (χ3n) is 12.8. The molecule has 0 radical (unpaired) electrons. The van der Waals surface area contributed by atoms with Crippen LogP contribution in [0.15, 0.2) is 24.3 Å². The van der Waals surface area contributed by atoms with E-state index in [0.717, 1.165) is 70.6 Å². The fourth-order valence-corrected chi connectivity index (χ4v) is 8.60. The molecule has 0 aromatic rings. The maximum atomic E-state index is 13.2. The lowest BCUT2D eigenvalue weighted by atomic mass is 10.0. The van der Waals surface area contributed by atoms with Gasteiger partial charge in [0.1, 0.15) is 6.10 Å². The van der Waals surface area contributed by atoms with Gasteiger partial charge in [0.25, 0.3) is 0 Å². The van der Waals surface area contributed by atoms with E-state index >= 15 is 0 Å². The number of amides is 1. The molecule has 6 nitrogen and oxygen atoms in total. The summed E-state index contributed by atoms with van der Waals surface area (Å²) in [5.41, 5.74) is 0. The number of hydrogen-bond donors (Lipinski definition) is 3. The van der Waals surface area contributed by atoms with Gasteiger partial charge in [0.15, 0.2) is 0 Å². The first kappa shape index (κ1) is 60.3. The third kappa shape index (κ3) is 44.9. The van der Waals surface area contributed by atoms with Crippen LogP contribution in [0.25, 0.3) is 0 Å². The van der Waals surface area contributed by atoms with E-state index in [1.165, 1.54) is 180 Å². The summed E-state index contributed by atoms with van der Waals surface area (Å²) in [5.74, 6) is -0.484. The van der Waals surface area contributed by atoms with E-state index in [0.29, 0.717) is 19.3 Å². The molecule has 0 fully saturated rings. The van der Waals surface area contributed by atoms with Crippen molar-refractivity contribution in [2.24, 2.45) is 0 Å². The van der Waals surface area contributed by atoms with Crippen LogP contribution in [-0.2, 0) is 14.3 Å². The molecule has 6 heteroatoms. The summed E-state index contributed by atoms with van der Waals surface area (Å²) in [6.07, 6.45) is 58.2. The second kappa shape index (κ2) is 50.3. The molecule has 3 atom stereocenters. The van der Waals surface area contributed by atoms with Gasteiger partial charge in [-0.05, 0) is 51.4 Å². The van der Waals surface area contributed by atoms with Crippen LogP contribution in [0.5, 0.6) is 0 Å². The highest BCUT2D eigenvalue weighted by Crippen LogP contribution is 2.18. The van der Waals surface area contributed by atoms with Crippen LogP contribution in [0, 0.1) is 0 Å². The van der Waals surface area contributed by atoms with Crippen LogP contribution in [0.4, 0.5) is 0 Å². The van der Waals surface area contributed by atoms with Gasteiger partial charge in [0.2, 0.25) is 5.91 Å². The first-order valence-corrected chi connectivity index (χ1v) is 27.6.